The lowest BCUT2D eigenvalue weighted by atomic mass is 9.71. The Morgan fingerprint density at radius 1 is 1.00 bits per heavy atom. The van der Waals surface area contributed by atoms with Crippen LogP contribution in [0.1, 0.15) is 41.4 Å². The molecule has 1 aliphatic heterocycles. The average Bonchev–Trinajstić information content (AvgIpc) is 2.89. The van der Waals surface area contributed by atoms with Gasteiger partial charge in [-0.15, -0.1) is 0 Å². The Kier molecular flexibility index (Phi) is 3.00. The van der Waals surface area contributed by atoms with E-state index in [-0.39, 0.29) is 0 Å². The second kappa shape index (κ2) is 4.88. The van der Waals surface area contributed by atoms with Gasteiger partial charge in [0, 0.05) is 23.6 Å². The van der Waals surface area contributed by atoms with Crippen LogP contribution in [-0.4, -0.2) is 24.5 Å². The molecule has 0 spiro atoms. The molecule has 2 nitrogen and oxygen atoms in total. The van der Waals surface area contributed by atoms with Gasteiger partial charge in [-0.25, -0.2) is 0 Å². The zero-order valence-electron chi connectivity index (χ0n) is 12.5. The summed E-state index contributed by atoms with van der Waals surface area (Å²) in [7, 11) is 2.28. The summed E-state index contributed by atoms with van der Waals surface area (Å²) in [6, 6.07) is 18.2. The molecule has 2 aromatic rings. The normalized spacial score (nSPS) is 28.1. The van der Waals surface area contributed by atoms with Gasteiger partial charge >= 0.3 is 0 Å². The first kappa shape index (κ1) is 12.9. The fourth-order valence-corrected chi connectivity index (χ4v) is 4.29. The van der Waals surface area contributed by atoms with E-state index in [9.17, 15) is 0 Å². The van der Waals surface area contributed by atoms with Crippen molar-refractivity contribution in [1.29, 1.82) is 0 Å². The summed E-state index contributed by atoms with van der Waals surface area (Å²) >= 11 is 0. The monoisotopic (exact) mass is 278 g/mol. The van der Waals surface area contributed by atoms with Gasteiger partial charge in [-0.1, -0.05) is 36.4 Å². The minimum absolute atomic E-state index is 0.503. The lowest BCUT2D eigenvalue weighted by Crippen LogP contribution is -2.34. The van der Waals surface area contributed by atoms with Gasteiger partial charge < -0.3 is 10.6 Å². The largest absolute Gasteiger partial charge is 0.399 e. The van der Waals surface area contributed by atoms with Crippen molar-refractivity contribution in [2.24, 2.45) is 0 Å². The quantitative estimate of drug-likeness (QED) is 0.808. The third-order valence-electron chi connectivity index (χ3n) is 5.41. The van der Waals surface area contributed by atoms with E-state index in [1.165, 1.54) is 30.5 Å². The summed E-state index contributed by atoms with van der Waals surface area (Å²) in [5.74, 6) is 1.22. The van der Waals surface area contributed by atoms with Crippen LogP contribution in [0.25, 0.3) is 0 Å². The van der Waals surface area contributed by atoms with E-state index in [4.69, 9.17) is 5.73 Å². The molecule has 0 amide bonds. The van der Waals surface area contributed by atoms with Gasteiger partial charge in [0.15, 0.2) is 0 Å². The number of likely N-dealkylation sites (tertiary alicyclic amines) is 1. The molecule has 1 heterocycles. The van der Waals surface area contributed by atoms with Gasteiger partial charge in [-0.2, -0.15) is 0 Å². The third-order valence-corrected chi connectivity index (χ3v) is 5.41. The molecule has 2 aromatic carbocycles. The van der Waals surface area contributed by atoms with Crippen molar-refractivity contribution < 1.29 is 0 Å². The molecule has 1 aliphatic carbocycles. The predicted octanol–water partition coefficient (Wildman–Crippen LogP) is 3.59. The van der Waals surface area contributed by atoms with E-state index >= 15 is 0 Å². The number of likely N-dealkylation sites (N-methyl/N-ethyl adjacent to an activating group) is 1. The first-order valence-corrected chi connectivity index (χ1v) is 7.88. The van der Waals surface area contributed by atoms with Crippen molar-refractivity contribution in [1.82, 2.24) is 4.90 Å². The molecule has 0 bridgehead atoms. The predicted molar refractivity (Wildman–Crippen MR) is 87.5 cm³/mol. The Labute approximate surface area is 126 Å². The lowest BCUT2D eigenvalue weighted by Gasteiger charge is -2.37. The summed E-state index contributed by atoms with van der Waals surface area (Å²) in [5.41, 5.74) is 11.2. The van der Waals surface area contributed by atoms with Gasteiger partial charge in [-0.3, -0.25) is 0 Å². The summed E-state index contributed by atoms with van der Waals surface area (Å²) in [4.78, 5) is 2.55. The van der Waals surface area contributed by atoms with Gasteiger partial charge in [0.25, 0.3) is 0 Å². The average molecular weight is 278 g/mol. The highest BCUT2D eigenvalue weighted by atomic mass is 15.2. The summed E-state index contributed by atoms with van der Waals surface area (Å²) in [6.45, 7) is 1.22. The van der Waals surface area contributed by atoms with E-state index in [2.05, 4.69) is 48.3 Å². The summed E-state index contributed by atoms with van der Waals surface area (Å²) in [5, 5.41) is 0. The van der Waals surface area contributed by atoms with E-state index in [0.29, 0.717) is 12.0 Å². The molecule has 2 heteroatoms. The van der Waals surface area contributed by atoms with E-state index in [1.54, 1.807) is 5.56 Å². The highest BCUT2D eigenvalue weighted by molar-refractivity contribution is 5.47. The maximum absolute atomic E-state index is 5.85. The fourth-order valence-electron chi connectivity index (χ4n) is 4.29. The zero-order chi connectivity index (χ0) is 14.4. The van der Waals surface area contributed by atoms with Crippen LogP contribution < -0.4 is 5.73 Å². The molecule has 108 valence electrons. The van der Waals surface area contributed by atoms with Crippen LogP contribution >= 0.6 is 0 Å². The van der Waals surface area contributed by atoms with Crippen LogP contribution in [0, 0.1) is 0 Å². The van der Waals surface area contributed by atoms with Crippen molar-refractivity contribution in [2.75, 3.05) is 19.3 Å². The number of hydrogen-bond acceptors (Lipinski definition) is 2. The van der Waals surface area contributed by atoms with Gasteiger partial charge in [0.1, 0.15) is 0 Å². The molecule has 2 unspecified atom stereocenters. The number of hydrogen-bond donors (Lipinski definition) is 1. The van der Waals surface area contributed by atoms with Crippen LogP contribution in [0.2, 0.25) is 0 Å². The van der Waals surface area contributed by atoms with Crippen LogP contribution in [0.5, 0.6) is 0 Å². The van der Waals surface area contributed by atoms with Gasteiger partial charge in [0.2, 0.25) is 0 Å². The number of nitrogen functional groups attached to an aromatic ring is 1. The second-order valence-electron chi connectivity index (χ2n) is 6.53. The molecule has 0 radical (unpaired) electrons. The Morgan fingerprint density at radius 3 is 2.48 bits per heavy atom. The highest BCUT2D eigenvalue weighted by Gasteiger charge is 2.40. The number of rotatable bonds is 1. The molecule has 2 N–H and O–H groups in total. The molecule has 0 aromatic heterocycles. The minimum Gasteiger partial charge on any atom is -0.399 e. The molecule has 0 saturated carbocycles. The molecular formula is C19H22N2. The first-order chi connectivity index (χ1) is 10.2. The van der Waals surface area contributed by atoms with Gasteiger partial charge in [0.05, 0.1) is 0 Å². The zero-order valence-corrected chi connectivity index (χ0v) is 12.5. The Balaban J connectivity index is 1.81. The standard InChI is InChI=1S/C19H22N2/c1-21-11-10-17-15-4-2-3-5-16(15)18(12-19(17)21)13-6-8-14(20)9-7-13/h2-9,17-19H,10-12,20H2,1H3/t17?,18?,19-/m0/s1. The summed E-state index contributed by atoms with van der Waals surface area (Å²) in [6.07, 6.45) is 2.52. The Bertz CT molecular complexity index is 647. The number of nitrogens with zero attached hydrogens (tertiary/aromatic N) is 1. The first-order valence-electron chi connectivity index (χ1n) is 7.88. The Hall–Kier alpha value is -1.80. The SMILES string of the molecule is CN1CCC2c3ccccc3C(c3ccc(N)cc3)C[C@@H]21. The van der Waals surface area contributed by atoms with Crippen molar-refractivity contribution in [3.05, 3.63) is 65.2 Å². The van der Waals surface area contributed by atoms with Crippen molar-refractivity contribution in [3.8, 4) is 0 Å². The van der Waals surface area contributed by atoms with Gasteiger partial charge in [-0.05, 0) is 55.3 Å². The van der Waals surface area contributed by atoms with Crippen LogP contribution in [0.4, 0.5) is 5.69 Å². The fraction of sp³-hybridized carbons (Fsp3) is 0.368. The molecule has 3 atom stereocenters. The Morgan fingerprint density at radius 2 is 1.71 bits per heavy atom. The van der Waals surface area contributed by atoms with Crippen LogP contribution in [0.15, 0.2) is 48.5 Å². The number of anilines is 1. The minimum atomic E-state index is 0.503. The van der Waals surface area contributed by atoms with Crippen LogP contribution in [-0.2, 0) is 0 Å². The van der Waals surface area contributed by atoms with Crippen molar-refractivity contribution in [2.45, 2.75) is 30.7 Å². The van der Waals surface area contributed by atoms with Crippen LogP contribution in [0.3, 0.4) is 0 Å². The van der Waals surface area contributed by atoms with E-state index in [0.717, 1.165) is 11.6 Å². The van der Waals surface area contributed by atoms with E-state index in [1.807, 2.05) is 12.1 Å². The number of fused-ring (bicyclic) bond motifs is 3. The van der Waals surface area contributed by atoms with E-state index < -0.39 is 0 Å². The molecule has 2 aliphatic rings. The van der Waals surface area contributed by atoms with Crippen molar-refractivity contribution in [3.63, 3.8) is 0 Å². The van der Waals surface area contributed by atoms with Crippen molar-refractivity contribution >= 4 is 5.69 Å². The summed E-state index contributed by atoms with van der Waals surface area (Å²) < 4.78 is 0. The highest BCUT2D eigenvalue weighted by Crippen LogP contribution is 2.47. The number of nitrogens with two attached hydrogens (primary N) is 1. The maximum Gasteiger partial charge on any atom is 0.0314 e. The smallest absolute Gasteiger partial charge is 0.0314 e. The molecule has 1 fully saturated rings. The lowest BCUT2D eigenvalue weighted by molar-refractivity contribution is 0.265. The maximum atomic E-state index is 5.85. The molecule has 1 saturated heterocycles. The molecule has 4 rings (SSSR count). The number of benzene rings is 2. The topological polar surface area (TPSA) is 29.3 Å². The molecular weight excluding hydrogens is 256 g/mol. The third kappa shape index (κ3) is 2.06. The molecule has 21 heavy (non-hydrogen) atoms. The second-order valence-corrected chi connectivity index (χ2v) is 6.53.